The number of carbonyl (C=O) groups is 1. The van der Waals surface area contributed by atoms with Crippen LogP contribution in [0.1, 0.15) is 19.4 Å². The maximum Gasteiger partial charge on any atom is 0.247 e. The smallest absolute Gasteiger partial charge is 0.247 e. The van der Waals surface area contributed by atoms with Gasteiger partial charge in [0.2, 0.25) is 15.9 Å². The van der Waals surface area contributed by atoms with Gasteiger partial charge in [-0.15, -0.1) is 0 Å². The van der Waals surface area contributed by atoms with E-state index in [2.05, 4.69) is 4.72 Å². The summed E-state index contributed by atoms with van der Waals surface area (Å²) in [4.78, 5) is 10.7. The Kier molecular flexibility index (Phi) is 5.70. The molecule has 1 amide bonds. The average Bonchev–Trinajstić information content (AvgIpc) is 2.37. The van der Waals surface area contributed by atoms with Gasteiger partial charge in [-0.05, 0) is 44.5 Å². The summed E-state index contributed by atoms with van der Waals surface area (Å²) < 4.78 is 31.7. The van der Waals surface area contributed by atoms with Crippen LogP contribution in [-0.2, 0) is 14.8 Å². The van der Waals surface area contributed by atoms with Crippen molar-refractivity contribution in [2.75, 3.05) is 6.54 Å². The first-order valence-electron chi connectivity index (χ1n) is 6.38. The zero-order chi connectivity index (χ0) is 16.2. The number of benzene rings is 1. The number of nitrogens with one attached hydrogen (secondary N) is 1. The van der Waals surface area contributed by atoms with Crippen molar-refractivity contribution in [1.29, 1.82) is 0 Å². The largest absolute Gasteiger partial charge is 0.491 e. The number of aliphatic hydroxyl groups is 1. The Morgan fingerprint density at radius 1 is 1.43 bits per heavy atom. The number of aliphatic hydroxyl groups excluding tert-OH is 1. The Morgan fingerprint density at radius 2 is 2.05 bits per heavy atom. The fourth-order valence-corrected chi connectivity index (χ4v) is 2.67. The minimum Gasteiger partial charge on any atom is -0.491 e. The lowest BCUT2D eigenvalue weighted by atomic mass is 10.2. The van der Waals surface area contributed by atoms with Gasteiger partial charge in [0.15, 0.2) is 0 Å². The monoisotopic (exact) mass is 316 g/mol. The summed E-state index contributed by atoms with van der Waals surface area (Å²) in [5, 5.41) is 9.21. The summed E-state index contributed by atoms with van der Waals surface area (Å²) in [5.41, 5.74) is 5.52. The molecule has 4 N–H and O–H groups in total. The number of ether oxygens (including phenoxy) is 1. The van der Waals surface area contributed by atoms with Crippen LogP contribution in [0.5, 0.6) is 5.75 Å². The van der Waals surface area contributed by atoms with Gasteiger partial charge in [0.25, 0.3) is 0 Å². The van der Waals surface area contributed by atoms with E-state index in [0.29, 0.717) is 11.3 Å². The first-order valence-corrected chi connectivity index (χ1v) is 7.86. The molecule has 0 radical (unpaired) electrons. The molecule has 0 aliphatic rings. The van der Waals surface area contributed by atoms with Crippen LogP contribution < -0.4 is 15.2 Å². The van der Waals surface area contributed by atoms with Gasteiger partial charge in [0.1, 0.15) is 11.9 Å². The summed E-state index contributed by atoms with van der Waals surface area (Å²) in [7, 11) is -3.83. The molecule has 1 unspecified atom stereocenters. The number of nitrogens with two attached hydrogens (primary N) is 1. The molecule has 0 fully saturated rings. The second-order valence-electron chi connectivity index (χ2n) is 4.86. The van der Waals surface area contributed by atoms with Crippen LogP contribution in [0.25, 0.3) is 0 Å². The summed E-state index contributed by atoms with van der Waals surface area (Å²) >= 11 is 0. The number of aryl methyl sites for hydroxylation is 1. The van der Waals surface area contributed by atoms with Crippen LogP contribution >= 0.6 is 0 Å². The van der Waals surface area contributed by atoms with Gasteiger partial charge >= 0.3 is 0 Å². The predicted octanol–water partition coefficient (Wildman–Crippen LogP) is -0.0933. The first kappa shape index (κ1) is 17.4. The molecule has 0 bridgehead atoms. The summed E-state index contributed by atoms with van der Waals surface area (Å²) in [6, 6.07) is 4.41. The highest BCUT2D eigenvalue weighted by Gasteiger charge is 2.19. The fourth-order valence-electron chi connectivity index (χ4n) is 1.55. The lowest BCUT2D eigenvalue weighted by Gasteiger charge is -2.14. The van der Waals surface area contributed by atoms with Gasteiger partial charge in [-0.1, -0.05) is 0 Å². The Hall–Kier alpha value is -1.64. The minimum absolute atomic E-state index is 0.0185. The van der Waals surface area contributed by atoms with E-state index < -0.39 is 28.6 Å². The maximum absolute atomic E-state index is 12.0. The van der Waals surface area contributed by atoms with Crippen molar-refractivity contribution in [3.05, 3.63) is 23.8 Å². The lowest BCUT2D eigenvalue weighted by Crippen LogP contribution is -2.39. The number of carbonyl (C=O) groups excluding carboxylic acids is 1. The number of primary amides is 1. The van der Waals surface area contributed by atoms with Crippen LogP contribution in [0.3, 0.4) is 0 Å². The Balaban J connectivity index is 2.89. The molecule has 0 aliphatic carbocycles. The molecule has 1 aromatic rings. The summed E-state index contributed by atoms with van der Waals surface area (Å²) in [6.07, 6.45) is -1.58. The van der Waals surface area contributed by atoms with E-state index in [1.807, 2.05) is 13.8 Å². The molecule has 8 heteroatoms. The van der Waals surface area contributed by atoms with Crippen molar-refractivity contribution < 1.29 is 23.1 Å². The van der Waals surface area contributed by atoms with Gasteiger partial charge < -0.3 is 15.6 Å². The van der Waals surface area contributed by atoms with E-state index >= 15 is 0 Å². The number of hydrogen-bond acceptors (Lipinski definition) is 5. The molecule has 0 spiro atoms. The summed E-state index contributed by atoms with van der Waals surface area (Å²) in [5.74, 6) is -0.393. The second-order valence-corrected chi connectivity index (χ2v) is 6.63. The SMILES string of the molecule is Cc1cc(S(=O)(=O)NCC(O)C(N)=O)ccc1OC(C)C. The van der Waals surface area contributed by atoms with E-state index in [-0.39, 0.29) is 11.0 Å². The Labute approximate surface area is 124 Å². The first-order chi connectivity index (χ1) is 9.63. The highest BCUT2D eigenvalue weighted by molar-refractivity contribution is 7.89. The zero-order valence-electron chi connectivity index (χ0n) is 12.2. The van der Waals surface area contributed by atoms with E-state index in [1.54, 1.807) is 13.0 Å². The van der Waals surface area contributed by atoms with Crippen molar-refractivity contribution in [3.63, 3.8) is 0 Å². The molecule has 1 atom stereocenters. The fraction of sp³-hybridized carbons (Fsp3) is 0.462. The van der Waals surface area contributed by atoms with Gasteiger partial charge in [0.05, 0.1) is 11.0 Å². The molecule has 118 valence electrons. The van der Waals surface area contributed by atoms with Crippen molar-refractivity contribution in [2.45, 2.75) is 37.9 Å². The van der Waals surface area contributed by atoms with Crippen molar-refractivity contribution in [1.82, 2.24) is 4.72 Å². The number of sulfonamides is 1. The Bertz CT molecular complexity index is 613. The van der Waals surface area contributed by atoms with Crippen LogP contribution in [0.2, 0.25) is 0 Å². The number of rotatable bonds is 7. The standard InChI is InChI=1S/C13H20N2O5S/c1-8(2)20-12-5-4-10(6-9(12)3)21(18,19)15-7-11(16)13(14)17/h4-6,8,11,15-16H,7H2,1-3H3,(H2,14,17). The van der Waals surface area contributed by atoms with Crippen LogP contribution in [0.4, 0.5) is 0 Å². The quantitative estimate of drug-likeness (QED) is 0.649. The van der Waals surface area contributed by atoms with E-state index in [4.69, 9.17) is 10.5 Å². The van der Waals surface area contributed by atoms with Gasteiger partial charge in [0, 0.05) is 6.54 Å². The van der Waals surface area contributed by atoms with E-state index in [9.17, 15) is 18.3 Å². The van der Waals surface area contributed by atoms with E-state index in [1.165, 1.54) is 12.1 Å². The molecule has 1 aromatic carbocycles. The number of hydrogen-bond donors (Lipinski definition) is 3. The molecule has 0 aromatic heterocycles. The second kappa shape index (κ2) is 6.88. The highest BCUT2D eigenvalue weighted by atomic mass is 32.2. The molecule has 0 heterocycles. The molecule has 1 rings (SSSR count). The average molecular weight is 316 g/mol. The molecule has 0 saturated carbocycles. The highest BCUT2D eigenvalue weighted by Crippen LogP contribution is 2.22. The van der Waals surface area contributed by atoms with Crippen molar-refractivity contribution in [3.8, 4) is 5.75 Å². The van der Waals surface area contributed by atoms with Crippen molar-refractivity contribution in [2.24, 2.45) is 5.73 Å². The van der Waals surface area contributed by atoms with Crippen LogP contribution in [0, 0.1) is 6.92 Å². The number of amides is 1. The molecule has 7 nitrogen and oxygen atoms in total. The van der Waals surface area contributed by atoms with Crippen molar-refractivity contribution >= 4 is 15.9 Å². The molecule has 0 saturated heterocycles. The minimum atomic E-state index is -3.83. The van der Waals surface area contributed by atoms with Crippen LogP contribution in [-0.4, -0.2) is 38.2 Å². The topological polar surface area (TPSA) is 119 Å². The Morgan fingerprint density at radius 3 is 2.52 bits per heavy atom. The molecular formula is C13H20N2O5S. The third-order valence-corrected chi connectivity index (χ3v) is 4.04. The van der Waals surface area contributed by atoms with Crippen LogP contribution in [0.15, 0.2) is 23.1 Å². The molecule has 0 aliphatic heterocycles. The van der Waals surface area contributed by atoms with Gasteiger partial charge in [-0.2, -0.15) is 0 Å². The lowest BCUT2D eigenvalue weighted by molar-refractivity contribution is -0.125. The maximum atomic E-state index is 12.0. The van der Waals surface area contributed by atoms with E-state index in [0.717, 1.165) is 0 Å². The third-order valence-electron chi connectivity index (χ3n) is 2.61. The predicted molar refractivity (Wildman–Crippen MR) is 77.3 cm³/mol. The molecule has 21 heavy (non-hydrogen) atoms. The summed E-state index contributed by atoms with van der Waals surface area (Å²) in [6.45, 7) is 5.00. The normalized spacial score (nSPS) is 13.2. The van der Waals surface area contributed by atoms with Gasteiger partial charge in [-0.3, -0.25) is 4.79 Å². The molecular weight excluding hydrogens is 296 g/mol. The third kappa shape index (κ3) is 5.00. The van der Waals surface area contributed by atoms with Gasteiger partial charge in [-0.25, -0.2) is 13.1 Å². The zero-order valence-corrected chi connectivity index (χ0v) is 13.0.